The number of rotatable bonds is 13. The van der Waals surface area contributed by atoms with E-state index < -0.39 is 22.9 Å². The number of nitrogens with two attached hydrogens (primary N) is 1. The van der Waals surface area contributed by atoms with Crippen molar-refractivity contribution in [3.05, 3.63) is 117 Å². The maximum Gasteiger partial charge on any atom is 0.266 e. The Hall–Kier alpha value is -5.06. The summed E-state index contributed by atoms with van der Waals surface area (Å²) in [6.45, 7) is 1.88. The fourth-order valence-corrected chi connectivity index (χ4v) is 4.13. The van der Waals surface area contributed by atoms with Crippen LogP contribution in [0.3, 0.4) is 0 Å². The minimum absolute atomic E-state index is 0.0535. The molecule has 0 aliphatic rings. The molecule has 0 bridgehead atoms. The molecule has 5 N–H and O–H groups in total. The zero-order valence-electron chi connectivity index (χ0n) is 22.1. The molecule has 208 valence electrons. The van der Waals surface area contributed by atoms with Gasteiger partial charge in [0.2, 0.25) is 11.8 Å². The van der Waals surface area contributed by atoms with Crippen LogP contribution in [-0.2, 0) is 16.1 Å². The number of hydrogen-bond donors (Lipinski definition) is 4. The maximum atomic E-state index is 13.6. The number of carbonyl (C=O) groups excluding carboxylic acids is 3. The molecule has 40 heavy (non-hydrogen) atoms. The minimum atomic E-state index is -0.908. The lowest BCUT2D eigenvalue weighted by molar-refractivity contribution is -0.485. The molecule has 0 aromatic heterocycles. The Balaban J connectivity index is 1.75. The number of nitrogens with one attached hydrogen (secondary N) is 3. The summed E-state index contributed by atoms with van der Waals surface area (Å²) in [5.41, 5.74) is 8.39. The van der Waals surface area contributed by atoms with Crippen LogP contribution in [0.4, 0.5) is 0 Å². The number of nitro groups is 1. The van der Waals surface area contributed by atoms with E-state index in [2.05, 4.69) is 21.1 Å². The van der Waals surface area contributed by atoms with Gasteiger partial charge in [-0.15, -0.1) is 0 Å². The number of hydrazone groups is 1. The SMILES string of the molecule is CC(=O)c1ccc(CNC(=O)[C@@H](CCCN/C(N)=N\[N+](=O)[O-])NC(=O)C(c2ccccc2)c2ccccc2)cc1. The molecule has 2 amide bonds. The van der Waals surface area contributed by atoms with Crippen LogP contribution in [0.25, 0.3) is 0 Å². The van der Waals surface area contributed by atoms with Gasteiger partial charge in [-0.05, 0) is 36.5 Å². The molecule has 0 fully saturated rings. The van der Waals surface area contributed by atoms with Gasteiger partial charge in [-0.1, -0.05) is 84.9 Å². The monoisotopic (exact) mass is 544 g/mol. The van der Waals surface area contributed by atoms with E-state index in [0.29, 0.717) is 12.0 Å². The summed E-state index contributed by atoms with van der Waals surface area (Å²) in [5, 5.41) is 20.9. The molecule has 0 aliphatic carbocycles. The van der Waals surface area contributed by atoms with Crippen molar-refractivity contribution in [1.29, 1.82) is 0 Å². The predicted octanol–water partition coefficient (Wildman–Crippen LogP) is 2.70. The van der Waals surface area contributed by atoms with Gasteiger partial charge in [-0.2, -0.15) is 0 Å². The molecule has 3 aromatic carbocycles. The molecule has 0 unspecified atom stereocenters. The number of guanidine groups is 1. The highest BCUT2D eigenvalue weighted by Crippen LogP contribution is 2.25. The molecule has 0 saturated carbocycles. The molecule has 11 heteroatoms. The van der Waals surface area contributed by atoms with E-state index in [0.717, 1.165) is 16.7 Å². The number of hydrogen-bond acceptors (Lipinski definition) is 5. The summed E-state index contributed by atoms with van der Waals surface area (Å²) in [6.07, 6.45) is 0.594. The first-order chi connectivity index (χ1) is 19.2. The normalized spacial score (nSPS) is 11.9. The van der Waals surface area contributed by atoms with Gasteiger partial charge in [0.15, 0.2) is 10.8 Å². The summed E-state index contributed by atoms with van der Waals surface area (Å²) in [7, 11) is 0. The van der Waals surface area contributed by atoms with Gasteiger partial charge in [-0.3, -0.25) is 14.4 Å². The first kappa shape index (κ1) is 29.5. The van der Waals surface area contributed by atoms with Gasteiger partial charge < -0.3 is 21.7 Å². The van der Waals surface area contributed by atoms with Crippen LogP contribution in [0, 0.1) is 10.1 Å². The van der Waals surface area contributed by atoms with Crippen LogP contribution in [0.1, 0.15) is 52.7 Å². The van der Waals surface area contributed by atoms with Gasteiger partial charge in [0.25, 0.3) is 5.96 Å². The Kier molecular flexibility index (Phi) is 10.9. The summed E-state index contributed by atoms with van der Waals surface area (Å²) in [4.78, 5) is 48.9. The van der Waals surface area contributed by atoms with E-state index in [-0.39, 0.29) is 37.2 Å². The van der Waals surface area contributed by atoms with Gasteiger partial charge >= 0.3 is 0 Å². The molecule has 1 atom stereocenters. The predicted molar refractivity (Wildman–Crippen MR) is 151 cm³/mol. The fourth-order valence-electron chi connectivity index (χ4n) is 4.13. The van der Waals surface area contributed by atoms with Crippen molar-refractivity contribution in [2.75, 3.05) is 6.54 Å². The van der Waals surface area contributed by atoms with E-state index in [1.807, 2.05) is 60.7 Å². The topological polar surface area (TPSA) is 169 Å². The second kappa shape index (κ2) is 14.8. The van der Waals surface area contributed by atoms with E-state index in [1.54, 1.807) is 24.3 Å². The number of amides is 2. The van der Waals surface area contributed by atoms with Crippen molar-refractivity contribution >= 4 is 23.6 Å². The van der Waals surface area contributed by atoms with Crippen molar-refractivity contribution in [3.8, 4) is 0 Å². The van der Waals surface area contributed by atoms with Gasteiger partial charge in [0, 0.05) is 18.7 Å². The number of benzene rings is 3. The smallest absolute Gasteiger partial charge is 0.266 e. The molecular weight excluding hydrogens is 512 g/mol. The molecule has 0 spiro atoms. The Morgan fingerprint density at radius 3 is 1.98 bits per heavy atom. The molecule has 0 heterocycles. The molecular formula is C29H32N6O5. The molecule has 0 aliphatic heterocycles. The third-order valence-corrected chi connectivity index (χ3v) is 6.15. The second-order valence-electron chi connectivity index (χ2n) is 9.08. The van der Waals surface area contributed by atoms with Crippen molar-refractivity contribution < 1.29 is 19.4 Å². The fraction of sp³-hybridized carbons (Fsp3) is 0.241. The highest BCUT2D eigenvalue weighted by atomic mass is 16.7. The highest BCUT2D eigenvalue weighted by Gasteiger charge is 2.27. The number of Topliss-reactive ketones (excluding diaryl/α,β-unsaturated/α-hetero) is 1. The lowest BCUT2D eigenvalue weighted by Crippen LogP contribution is -2.48. The molecule has 3 aromatic rings. The Morgan fingerprint density at radius 1 is 0.875 bits per heavy atom. The van der Waals surface area contributed by atoms with E-state index in [9.17, 15) is 24.5 Å². The summed E-state index contributed by atoms with van der Waals surface area (Å²) in [6, 6.07) is 24.6. The van der Waals surface area contributed by atoms with Crippen LogP contribution in [0.5, 0.6) is 0 Å². The Bertz CT molecular complexity index is 1290. The quantitative estimate of drug-likeness (QED) is 0.0640. The lowest BCUT2D eigenvalue weighted by atomic mass is 9.90. The number of carbonyl (C=O) groups is 3. The van der Waals surface area contributed by atoms with Crippen molar-refractivity contribution in [2.45, 2.75) is 38.3 Å². The standard InChI is InChI=1S/C29H32N6O5/c1-20(36)22-16-14-21(15-17-22)19-32-27(37)25(13-8-18-31-29(30)34-35(39)40)33-28(38)26(23-9-4-2-5-10-23)24-11-6-3-7-12-24/h2-7,9-12,14-17,25-26H,8,13,18-19H2,1H3,(H,32,37)(H,33,38)(H3,30,31,34)/t25-/m1/s1. The van der Waals surface area contributed by atoms with Crippen LogP contribution in [0.2, 0.25) is 0 Å². The van der Waals surface area contributed by atoms with Crippen molar-refractivity contribution in [2.24, 2.45) is 10.8 Å². The highest BCUT2D eigenvalue weighted by molar-refractivity contribution is 5.94. The van der Waals surface area contributed by atoms with Crippen molar-refractivity contribution in [3.63, 3.8) is 0 Å². The van der Waals surface area contributed by atoms with Crippen LogP contribution < -0.4 is 21.7 Å². The lowest BCUT2D eigenvalue weighted by Gasteiger charge is -2.23. The summed E-state index contributed by atoms with van der Waals surface area (Å²) < 4.78 is 0. The van der Waals surface area contributed by atoms with Crippen LogP contribution >= 0.6 is 0 Å². The second-order valence-corrected chi connectivity index (χ2v) is 9.08. The summed E-state index contributed by atoms with van der Waals surface area (Å²) in [5.74, 6) is -1.78. The Labute approximate surface area is 232 Å². The summed E-state index contributed by atoms with van der Waals surface area (Å²) >= 11 is 0. The zero-order chi connectivity index (χ0) is 28.9. The third kappa shape index (κ3) is 9.05. The zero-order valence-corrected chi connectivity index (χ0v) is 22.1. The average Bonchev–Trinajstić information content (AvgIpc) is 2.94. The Morgan fingerprint density at radius 2 is 1.45 bits per heavy atom. The van der Waals surface area contributed by atoms with E-state index in [4.69, 9.17) is 5.73 Å². The average molecular weight is 545 g/mol. The first-order valence-corrected chi connectivity index (χ1v) is 12.7. The van der Waals surface area contributed by atoms with Gasteiger partial charge in [-0.25, -0.2) is 10.1 Å². The molecule has 0 radical (unpaired) electrons. The largest absolute Gasteiger partial charge is 0.365 e. The minimum Gasteiger partial charge on any atom is -0.365 e. The molecule has 0 saturated heterocycles. The third-order valence-electron chi connectivity index (χ3n) is 6.15. The van der Waals surface area contributed by atoms with Crippen LogP contribution in [-0.4, -0.2) is 41.2 Å². The number of nitrogens with zero attached hydrogens (tertiary/aromatic N) is 2. The first-order valence-electron chi connectivity index (χ1n) is 12.7. The van der Waals surface area contributed by atoms with E-state index in [1.165, 1.54) is 6.92 Å². The van der Waals surface area contributed by atoms with Crippen molar-refractivity contribution in [1.82, 2.24) is 16.0 Å². The van der Waals surface area contributed by atoms with Crippen LogP contribution in [0.15, 0.2) is 90.0 Å². The van der Waals surface area contributed by atoms with Gasteiger partial charge in [0.05, 0.1) is 5.92 Å². The number of ketones is 1. The molecule has 11 nitrogen and oxygen atoms in total. The maximum absolute atomic E-state index is 13.6. The molecule has 3 rings (SSSR count). The van der Waals surface area contributed by atoms with E-state index >= 15 is 0 Å². The van der Waals surface area contributed by atoms with Gasteiger partial charge in [0.1, 0.15) is 11.1 Å².